The molecule has 0 aliphatic carbocycles. The zero-order valence-electron chi connectivity index (χ0n) is 15.0. The topological polar surface area (TPSA) is 42.7 Å². The Hall–Kier alpha value is -2.75. The van der Waals surface area contributed by atoms with Crippen molar-refractivity contribution in [3.8, 4) is 5.75 Å². The molecule has 0 spiro atoms. The number of ether oxygens (including phenoxy) is 1. The predicted molar refractivity (Wildman–Crippen MR) is 102 cm³/mol. The number of para-hydroxylation sites is 1. The second kappa shape index (κ2) is 7.24. The molecule has 1 fully saturated rings. The van der Waals surface area contributed by atoms with Crippen molar-refractivity contribution in [2.75, 3.05) is 20.2 Å². The molecule has 0 saturated carbocycles. The fourth-order valence-corrected chi connectivity index (χ4v) is 3.78. The van der Waals surface area contributed by atoms with E-state index < -0.39 is 0 Å². The van der Waals surface area contributed by atoms with E-state index in [0.29, 0.717) is 23.0 Å². The van der Waals surface area contributed by atoms with Crippen molar-refractivity contribution in [3.63, 3.8) is 0 Å². The molecule has 4 heteroatoms. The summed E-state index contributed by atoms with van der Waals surface area (Å²) in [5.41, 5.74) is 1.94. The first-order chi connectivity index (χ1) is 12.8. The highest BCUT2D eigenvalue weighted by Gasteiger charge is 2.26. The molecule has 2 aromatic carbocycles. The Kier molecular flexibility index (Phi) is 4.65. The molecule has 1 aromatic heterocycles. The zero-order chi connectivity index (χ0) is 17.9. The maximum atomic E-state index is 13.1. The summed E-state index contributed by atoms with van der Waals surface area (Å²) in [6.45, 7) is 1.51. The first kappa shape index (κ1) is 16.7. The monoisotopic (exact) mass is 349 g/mol. The number of amides is 1. The van der Waals surface area contributed by atoms with Gasteiger partial charge in [-0.05, 0) is 30.5 Å². The van der Waals surface area contributed by atoms with E-state index in [4.69, 9.17) is 9.15 Å². The molecule has 134 valence electrons. The Bertz CT molecular complexity index is 900. The van der Waals surface area contributed by atoms with E-state index >= 15 is 0 Å². The van der Waals surface area contributed by atoms with Crippen LogP contribution in [0.1, 0.15) is 41.3 Å². The third-order valence-corrected chi connectivity index (χ3v) is 5.17. The van der Waals surface area contributed by atoms with E-state index in [1.165, 1.54) is 5.56 Å². The van der Waals surface area contributed by atoms with Gasteiger partial charge in [-0.2, -0.15) is 0 Å². The lowest BCUT2D eigenvalue weighted by Gasteiger charge is -2.24. The number of furan rings is 1. The number of hydrogen-bond acceptors (Lipinski definition) is 3. The number of nitrogens with zero attached hydrogens (tertiary/aromatic N) is 1. The molecule has 3 aromatic rings. The van der Waals surface area contributed by atoms with Crippen LogP contribution in [-0.2, 0) is 0 Å². The molecule has 1 amide bonds. The van der Waals surface area contributed by atoms with Gasteiger partial charge in [-0.3, -0.25) is 4.79 Å². The van der Waals surface area contributed by atoms with Gasteiger partial charge in [-0.15, -0.1) is 0 Å². The summed E-state index contributed by atoms with van der Waals surface area (Å²) in [5, 5.41) is 0.891. The van der Waals surface area contributed by atoms with Crippen LogP contribution in [0.2, 0.25) is 0 Å². The number of hydrogen-bond donors (Lipinski definition) is 0. The van der Waals surface area contributed by atoms with Crippen molar-refractivity contribution < 1.29 is 13.9 Å². The lowest BCUT2D eigenvalue weighted by atomic mass is 9.94. The number of rotatable bonds is 3. The highest BCUT2D eigenvalue weighted by Crippen LogP contribution is 2.31. The minimum Gasteiger partial charge on any atom is -0.493 e. The van der Waals surface area contributed by atoms with E-state index in [-0.39, 0.29) is 5.91 Å². The van der Waals surface area contributed by atoms with Gasteiger partial charge in [0, 0.05) is 24.4 Å². The summed E-state index contributed by atoms with van der Waals surface area (Å²) in [5.74, 6) is 1.38. The minimum absolute atomic E-state index is 0.0360. The Labute approximate surface area is 153 Å². The van der Waals surface area contributed by atoms with Crippen LogP contribution in [0.4, 0.5) is 0 Å². The van der Waals surface area contributed by atoms with Gasteiger partial charge in [0.1, 0.15) is 0 Å². The van der Waals surface area contributed by atoms with E-state index in [1.54, 1.807) is 7.11 Å². The molecule has 1 aliphatic rings. The SMILES string of the molecule is COc1cccc2cc(C(=O)N3CCCCC(c4ccccc4)C3)oc12. The van der Waals surface area contributed by atoms with Crippen LogP contribution in [0.3, 0.4) is 0 Å². The quantitative estimate of drug-likeness (QED) is 0.679. The number of likely N-dealkylation sites (tertiary alicyclic amines) is 1. The lowest BCUT2D eigenvalue weighted by Crippen LogP contribution is -2.33. The summed E-state index contributed by atoms with van der Waals surface area (Å²) < 4.78 is 11.2. The molecular weight excluding hydrogens is 326 g/mol. The Morgan fingerprint density at radius 3 is 2.77 bits per heavy atom. The molecule has 26 heavy (non-hydrogen) atoms. The second-order valence-corrected chi connectivity index (χ2v) is 6.84. The van der Waals surface area contributed by atoms with Crippen LogP contribution < -0.4 is 4.74 Å². The summed E-state index contributed by atoms with van der Waals surface area (Å²) in [6, 6.07) is 18.0. The Balaban J connectivity index is 1.60. The van der Waals surface area contributed by atoms with Crippen molar-refractivity contribution >= 4 is 16.9 Å². The first-order valence-electron chi connectivity index (χ1n) is 9.17. The summed E-state index contributed by atoms with van der Waals surface area (Å²) in [7, 11) is 1.61. The molecule has 1 atom stereocenters. The van der Waals surface area contributed by atoms with E-state index in [9.17, 15) is 4.79 Å². The zero-order valence-corrected chi connectivity index (χ0v) is 15.0. The van der Waals surface area contributed by atoms with E-state index in [2.05, 4.69) is 24.3 Å². The van der Waals surface area contributed by atoms with Gasteiger partial charge in [0.05, 0.1) is 7.11 Å². The number of fused-ring (bicyclic) bond motifs is 1. The number of carbonyl (C=O) groups excluding carboxylic acids is 1. The third kappa shape index (κ3) is 3.19. The maximum absolute atomic E-state index is 13.1. The summed E-state index contributed by atoms with van der Waals surface area (Å²) in [4.78, 5) is 15.0. The smallest absolute Gasteiger partial charge is 0.289 e. The predicted octanol–water partition coefficient (Wildman–Crippen LogP) is 4.85. The molecule has 0 N–H and O–H groups in total. The van der Waals surface area contributed by atoms with Crippen molar-refractivity contribution in [1.29, 1.82) is 0 Å². The van der Waals surface area contributed by atoms with Crippen LogP contribution in [0.5, 0.6) is 5.75 Å². The van der Waals surface area contributed by atoms with Crippen LogP contribution in [-0.4, -0.2) is 31.0 Å². The molecule has 1 aliphatic heterocycles. The first-order valence-corrected chi connectivity index (χ1v) is 9.17. The third-order valence-electron chi connectivity index (χ3n) is 5.17. The standard InChI is InChI=1S/C22H23NO3/c1-25-19-12-7-11-17-14-20(26-21(17)19)22(24)23-13-6-5-10-18(15-23)16-8-3-2-4-9-16/h2-4,7-9,11-12,14,18H,5-6,10,13,15H2,1H3. The lowest BCUT2D eigenvalue weighted by molar-refractivity contribution is 0.0725. The van der Waals surface area contributed by atoms with Crippen molar-refractivity contribution in [3.05, 3.63) is 65.9 Å². The Morgan fingerprint density at radius 2 is 1.96 bits per heavy atom. The van der Waals surface area contributed by atoms with Gasteiger partial charge in [0.15, 0.2) is 17.1 Å². The van der Waals surface area contributed by atoms with Crippen LogP contribution in [0, 0.1) is 0 Å². The fraction of sp³-hybridized carbons (Fsp3) is 0.318. The fourth-order valence-electron chi connectivity index (χ4n) is 3.78. The molecule has 2 heterocycles. The highest BCUT2D eigenvalue weighted by molar-refractivity contribution is 5.97. The maximum Gasteiger partial charge on any atom is 0.289 e. The largest absolute Gasteiger partial charge is 0.493 e. The van der Waals surface area contributed by atoms with Gasteiger partial charge in [-0.25, -0.2) is 0 Å². The molecule has 4 rings (SSSR count). The molecule has 1 unspecified atom stereocenters. The second-order valence-electron chi connectivity index (χ2n) is 6.84. The van der Waals surface area contributed by atoms with Crippen LogP contribution >= 0.6 is 0 Å². The normalized spacial score (nSPS) is 17.9. The minimum atomic E-state index is -0.0360. The van der Waals surface area contributed by atoms with Crippen molar-refractivity contribution in [2.24, 2.45) is 0 Å². The van der Waals surface area contributed by atoms with Gasteiger partial charge >= 0.3 is 0 Å². The molecular formula is C22H23NO3. The van der Waals surface area contributed by atoms with Crippen molar-refractivity contribution in [1.82, 2.24) is 4.90 Å². The molecule has 0 radical (unpaired) electrons. The molecule has 0 bridgehead atoms. The Morgan fingerprint density at radius 1 is 1.12 bits per heavy atom. The highest BCUT2D eigenvalue weighted by atomic mass is 16.5. The average molecular weight is 349 g/mol. The number of benzene rings is 2. The summed E-state index contributed by atoms with van der Waals surface area (Å²) >= 11 is 0. The van der Waals surface area contributed by atoms with Crippen LogP contribution in [0.15, 0.2) is 59.0 Å². The van der Waals surface area contributed by atoms with Crippen LogP contribution in [0.25, 0.3) is 11.0 Å². The van der Waals surface area contributed by atoms with Gasteiger partial charge in [0.25, 0.3) is 5.91 Å². The van der Waals surface area contributed by atoms with E-state index in [0.717, 1.165) is 37.7 Å². The van der Waals surface area contributed by atoms with Gasteiger partial charge in [0.2, 0.25) is 0 Å². The van der Waals surface area contributed by atoms with E-state index in [1.807, 2.05) is 35.2 Å². The van der Waals surface area contributed by atoms with Gasteiger partial charge in [-0.1, -0.05) is 48.9 Å². The average Bonchev–Trinajstić information content (AvgIpc) is 2.98. The number of methoxy groups -OCH3 is 1. The molecule has 4 nitrogen and oxygen atoms in total. The summed E-state index contributed by atoms with van der Waals surface area (Å²) in [6.07, 6.45) is 3.28. The number of carbonyl (C=O) groups is 1. The van der Waals surface area contributed by atoms with Gasteiger partial charge < -0.3 is 14.1 Å². The van der Waals surface area contributed by atoms with Crippen molar-refractivity contribution in [2.45, 2.75) is 25.2 Å². The molecule has 1 saturated heterocycles.